The molecule has 9 heteroatoms. The first-order chi connectivity index (χ1) is 15.2. The number of benzene rings is 1. The molecule has 1 saturated heterocycles. The molecule has 1 aliphatic carbocycles. The van der Waals surface area contributed by atoms with Gasteiger partial charge in [-0.15, -0.1) is 0 Å². The third kappa shape index (κ3) is 5.33. The number of hydrogen-bond acceptors (Lipinski definition) is 7. The van der Waals surface area contributed by atoms with E-state index in [0.717, 1.165) is 43.6 Å². The molecule has 1 saturated carbocycles. The van der Waals surface area contributed by atoms with E-state index >= 15 is 0 Å². The standard InChI is InChI=1S/C23H34N4O4S/c1-15-2-9-21(25-13-15)26-22(28)20(12-16-10-11-27(14-16)23(24)29)17-3-5-18(6-4-17)32(30,31)19-7-8-19/h3-6,9,15-16,19-20,23,25,29H,2,7-8,10-14,24H2,1H3,(H,26,28)/t15-,16+,20+,23-/m0/s1. The average Bonchev–Trinajstić information content (AvgIpc) is 3.53. The summed E-state index contributed by atoms with van der Waals surface area (Å²) in [5, 5.41) is 15.7. The minimum Gasteiger partial charge on any atom is -0.372 e. The van der Waals surface area contributed by atoms with E-state index in [1.54, 1.807) is 29.2 Å². The summed E-state index contributed by atoms with van der Waals surface area (Å²) in [5.74, 6) is 0.945. The number of carbonyl (C=O) groups excluding carboxylic acids is 1. The topological polar surface area (TPSA) is 125 Å². The summed E-state index contributed by atoms with van der Waals surface area (Å²) in [6.07, 6.45) is 4.83. The maximum atomic E-state index is 13.3. The number of carbonyl (C=O) groups is 1. The highest BCUT2D eigenvalue weighted by atomic mass is 32.2. The van der Waals surface area contributed by atoms with Gasteiger partial charge in [-0.3, -0.25) is 15.4 Å². The Kier molecular flexibility index (Phi) is 6.90. The highest BCUT2D eigenvalue weighted by Gasteiger charge is 2.37. The molecule has 4 atom stereocenters. The maximum absolute atomic E-state index is 13.3. The first kappa shape index (κ1) is 23.2. The number of rotatable bonds is 8. The molecule has 2 heterocycles. The van der Waals surface area contributed by atoms with Crippen LogP contribution in [0.1, 0.15) is 50.5 Å². The summed E-state index contributed by atoms with van der Waals surface area (Å²) >= 11 is 0. The van der Waals surface area contributed by atoms with Gasteiger partial charge in [-0.25, -0.2) is 8.42 Å². The minimum atomic E-state index is -3.26. The number of nitrogens with one attached hydrogen (secondary N) is 2. The number of likely N-dealkylation sites (tertiary alicyclic amines) is 1. The minimum absolute atomic E-state index is 0.108. The monoisotopic (exact) mass is 462 g/mol. The first-order valence-corrected chi connectivity index (χ1v) is 13.0. The number of aliphatic hydroxyl groups is 1. The SMILES string of the molecule is C[C@H]1CC=C(NC(=O)[C@H](C[C@H]2CCN([C@H](N)O)C2)c2ccc(S(=O)(=O)C3CC3)cc2)NC1. The second-order valence-corrected chi connectivity index (χ2v) is 11.7. The third-order valence-corrected chi connectivity index (χ3v) is 9.05. The van der Waals surface area contributed by atoms with Crippen LogP contribution in [0.4, 0.5) is 0 Å². The number of nitrogens with two attached hydrogens (primary N) is 1. The fraction of sp³-hybridized carbons (Fsp3) is 0.609. The normalized spacial score (nSPS) is 26.2. The van der Waals surface area contributed by atoms with Crippen molar-refractivity contribution in [2.24, 2.45) is 17.6 Å². The molecule has 1 aromatic carbocycles. The van der Waals surface area contributed by atoms with Crippen molar-refractivity contribution in [3.63, 3.8) is 0 Å². The Bertz CT molecular complexity index is 957. The van der Waals surface area contributed by atoms with Gasteiger partial charge >= 0.3 is 0 Å². The van der Waals surface area contributed by atoms with Gasteiger partial charge in [0.1, 0.15) is 5.82 Å². The second-order valence-electron chi connectivity index (χ2n) is 9.49. The van der Waals surface area contributed by atoms with Crippen LogP contribution in [-0.2, 0) is 14.6 Å². The highest BCUT2D eigenvalue weighted by molar-refractivity contribution is 7.92. The Morgan fingerprint density at radius 3 is 2.56 bits per heavy atom. The lowest BCUT2D eigenvalue weighted by molar-refractivity contribution is -0.122. The molecule has 176 valence electrons. The van der Waals surface area contributed by atoms with Gasteiger partial charge in [-0.1, -0.05) is 19.1 Å². The number of aliphatic hydroxyl groups excluding tert-OH is 1. The second kappa shape index (κ2) is 9.51. The Morgan fingerprint density at radius 2 is 2.00 bits per heavy atom. The van der Waals surface area contributed by atoms with E-state index in [1.165, 1.54) is 0 Å². The van der Waals surface area contributed by atoms with E-state index in [0.29, 0.717) is 30.3 Å². The van der Waals surface area contributed by atoms with Crippen LogP contribution in [0.2, 0.25) is 0 Å². The van der Waals surface area contributed by atoms with Gasteiger partial charge < -0.3 is 15.7 Å². The van der Waals surface area contributed by atoms with Gasteiger partial charge in [0.2, 0.25) is 5.91 Å². The largest absolute Gasteiger partial charge is 0.372 e. The average molecular weight is 463 g/mol. The Balaban J connectivity index is 1.52. The molecule has 0 bridgehead atoms. The first-order valence-electron chi connectivity index (χ1n) is 11.5. The third-order valence-electron chi connectivity index (χ3n) is 6.77. The molecule has 5 N–H and O–H groups in total. The molecule has 1 aromatic rings. The van der Waals surface area contributed by atoms with Crippen LogP contribution in [-0.4, -0.2) is 55.6 Å². The smallest absolute Gasteiger partial charge is 0.233 e. The van der Waals surface area contributed by atoms with Crippen LogP contribution < -0.4 is 16.4 Å². The van der Waals surface area contributed by atoms with Gasteiger partial charge in [0, 0.05) is 19.6 Å². The predicted octanol–water partition coefficient (Wildman–Crippen LogP) is 1.24. The van der Waals surface area contributed by atoms with Crippen molar-refractivity contribution in [2.45, 2.75) is 61.4 Å². The van der Waals surface area contributed by atoms with Crippen molar-refractivity contribution in [2.75, 3.05) is 19.6 Å². The summed E-state index contributed by atoms with van der Waals surface area (Å²) in [6, 6.07) is 6.81. The highest BCUT2D eigenvalue weighted by Crippen LogP contribution is 2.35. The zero-order valence-corrected chi connectivity index (χ0v) is 19.4. The fourth-order valence-corrected chi connectivity index (χ4v) is 6.21. The fourth-order valence-electron chi connectivity index (χ4n) is 4.56. The lowest BCUT2D eigenvalue weighted by Crippen LogP contribution is -2.40. The van der Waals surface area contributed by atoms with Crippen LogP contribution >= 0.6 is 0 Å². The van der Waals surface area contributed by atoms with Crippen molar-refractivity contribution in [3.8, 4) is 0 Å². The van der Waals surface area contributed by atoms with E-state index in [2.05, 4.69) is 17.6 Å². The molecule has 1 amide bonds. The Labute approximate surface area is 190 Å². The van der Waals surface area contributed by atoms with Gasteiger partial charge in [0.05, 0.1) is 16.1 Å². The van der Waals surface area contributed by atoms with Crippen molar-refractivity contribution in [1.29, 1.82) is 0 Å². The molecular formula is C23H34N4O4S. The molecule has 2 fully saturated rings. The molecule has 32 heavy (non-hydrogen) atoms. The van der Waals surface area contributed by atoms with E-state index in [9.17, 15) is 18.3 Å². The van der Waals surface area contributed by atoms with Crippen molar-refractivity contribution in [3.05, 3.63) is 41.7 Å². The van der Waals surface area contributed by atoms with Crippen molar-refractivity contribution >= 4 is 15.7 Å². The zero-order valence-electron chi connectivity index (χ0n) is 18.5. The molecular weight excluding hydrogens is 428 g/mol. The number of nitrogens with zero attached hydrogens (tertiary/aromatic N) is 1. The summed E-state index contributed by atoms with van der Waals surface area (Å²) in [6.45, 7) is 4.30. The molecule has 8 nitrogen and oxygen atoms in total. The predicted molar refractivity (Wildman–Crippen MR) is 122 cm³/mol. The lowest BCUT2D eigenvalue weighted by atomic mass is 9.87. The van der Waals surface area contributed by atoms with Gasteiger partial charge in [-0.2, -0.15) is 0 Å². The van der Waals surface area contributed by atoms with Crippen LogP contribution in [0.3, 0.4) is 0 Å². The summed E-state index contributed by atoms with van der Waals surface area (Å²) in [5.41, 5.74) is 6.41. The zero-order chi connectivity index (χ0) is 22.9. The molecule has 0 aromatic heterocycles. The summed E-state index contributed by atoms with van der Waals surface area (Å²) < 4.78 is 25.1. The molecule has 2 aliphatic heterocycles. The van der Waals surface area contributed by atoms with E-state index in [1.807, 2.05) is 6.08 Å². The van der Waals surface area contributed by atoms with Crippen LogP contribution in [0.25, 0.3) is 0 Å². The van der Waals surface area contributed by atoms with E-state index < -0.39 is 22.1 Å². The van der Waals surface area contributed by atoms with Crippen molar-refractivity contribution in [1.82, 2.24) is 15.5 Å². The number of allylic oxidation sites excluding steroid dienone is 1. The van der Waals surface area contributed by atoms with Crippen molar-refractivity contribution < 1.29 is 18.3 Å². The van der Waals surface area contributed by atoms with E-state index in [-0.39, 0.29) is 17.1 Å². The Morgan fingerprint density at radius 1 is 1.28 bits per heavy atom. The van der Waals surface area contributed by atoms with Crippen LogP contribution in [0.15, 0.2) is 41.1 Å². The van der Waals surface area contributed by atoms with Crippen LogP contribution in [0.5, 0.6) is 0 Å². The lowest BCUT2D eigenvalue weighted by Gasteiger charge is -2.25. The van der Waals surface area contributed by atoms with Gasteiger partial charge in [0.25, 0.3) is 0 Å². The number of amides is 1. The number of hydrogen-bond donors (Lipinski definition) is 4. The molecule has 3 aliphatic rings. The maximum Gasteiger partial charge on any atom is 0.233 e. The van der Waals surface area contributed by atoms with Gasteiger partial charge in [-0.05, 0) is 67.7 Å². The molecule has 4 rings (SSSR count). The number of sulfone groups is 1. The summed E-state index contributed by atoms with van der Waals surface area (Å²) in [4.78, 5) is 15.4. The Hall–Kier alpha value is -1.94. The van der Waals surface area contributed by atoms with Crippen LogP contribution in [0, 0.1) is 11.8 Å². The molecule has 0 spiro atoms. The quantitative estimate of drug-likeness (QED) is 0.428. The molecule has 0 unspecified atom stereocenters. The summed E-state index contributed by atoms with van der Waals surface area (Å²) in [7, 11) is -3.26. The van der Waals surface area contributed by atoms with E-state index in [4.69, 9.17) is 5.73 Å². The molecule has 0 radical (unpaired) electrons. The van der Waals surface area contributed by atoms with Gasteiger partial charge in [0.15, 0.2) is 16.2 Å².